The Bertz CT molecular complexity index is 175. The first-order chi connectivity index (χ1) is 5.55. The largest absolute Gasteiger partial charge is 0.356 e. The van der Waals surface area contributed by atoms with E-state index in [4.69, 9.17) is 0 Å². The van der Waals surface area contributed by atoms with Gasteiger partial charge in [0.2, 0.25) is 5.91 Å². The molecule has 2 heteroatoms. The molecule has 0 aliphatic carbocycles. The summed E-state index contributed by atoms with van der Waals surface area (Å²) in [6.45, 7) is 7.54. The molecule has 1 amide bonds. The van der Waals surface area contributed by atoms with Crippen molar-refractivity contribution in [1.29, 1.82) is 0 Å². The average molecular weight is 169 g/mol. The normalized spacial score (nSPS) is 24.2. The third-order valence-electron chi connectivity index (χ3n) is 2.92. The Morgan fingerprint density at radius 3 is 2.67 bits per heavy atom. The van der Waals surface area contributed by atoms with E-state index in [2.05, 4.69) is 26.1 Å². The third kappa shape index (κ3) is 2.23. The molecule has 0 aromatic carbocycles. The van der Waals surface area contributed by atoms with Gasteiger partial charge in [-0.15, -0.1) is 0 Å². The van der Waals surface area contributed by atoms with Gasteiger partial charge in [0.1, 0.15) is 0 Å². The lowest BCUT2D eigenvalue weighted by molar-refractivity contribution is -0.123. The number of nitrogens with one attached hydrogen (secondary N) is 1. The average Bonchev–Trinajstić information content (AvgIpc) is 2.36. The van der Waals surface area contributed by atoms with Gasteiger partial charge in [0.25, 0.3) is 0 Å². The molecule has 1 fully saturated rings. The topological polar surface area (TPSA) is 29.1 Å². The Balaban J connectivity index is 2.45. The van der Waals surface area contributed by atoms with E-state index in [1.54, 1.807) is 0 Å². The van der Waals surface area contributed by atoms with Crippen LogP contribution in [0.4, 0.5) is 0 Å². The van der Waals surface area contributed by atoms with E-state index in [0.717, 1.165) is 25.8 Å². The van der Waals surface area contributed by atoms with Gasteiger partial charge >= 0.3 is 0 Å². The van der Waals surface area contributed by atoms with Gasteiger partial charge in [-0.1, -0.05) is 27.2 Å². The molecule has 0 spiro atoms. The van der Waals surface area contributed by atoms with Crippen molar-refractivity contribution < 1.29 is 4.79 Å². The lowest BCUT2D eigenvalue weighted by Gasteiger charge is -2.24. The number of carbonyl (C=O) groups is 1. The fraction of sp³-hybridized carbons (Fsp3) is 0.900. The van der Waals surface area contributed by atoms with Crippen LogP contribution in [-0.4, -0.2) is 12.5 Å². The Kier molecular flexibility index (Phi) is 2.76. The van der Waals surface area contributed by atoms with Crippen molar-refractivity contribution in [2.75, 3.05) is 6.54 Å². The van der Waals surface area contributed by atoms with Crippen LogP contribution in [0.5, 0.6) is 0 Å². The van der Waals surface area contributed by atoms with Crippen LogP contribution in [0.1, 0.15) is 40.0 Å². The summed E-state index contributed by atoms with van der Waals surface area (Å²) in [6.07, 6.45) is 3.22. The van der Waals surface area contributed by atoms with Gasteiger partial charge in [-0.05, 0) is 18.3 Å². The molecule has 0 aromatic heterocycles. The van der Waals surface area contributed by atoms with Gasteiger partial charge in [-0.25, -0.2) is 0 Å². The number of carbonyl (C=O) groups excluding carboxylic acids is 1. The van der Waals surface area contributed by atoms with Crippen molar-refractivity contribution >= 4 is 5.91 Å². The van der Waals surface area contributed by atoms with Gasteiger partial charge in [-0.3, -0.25) is 4.79 Å². The van der Waals surface area contributed by atoms with Gasteiger partial charge in [0.05, 0.1) is 0 Å². The van der Waals surface area contributed by atoms with Crippen LogP contribution in [0.15, 0.2) is 0 Å². The molecule has 1 heterocycles. The number of hydrogen-bond donors (Lipinski definition) is 1. The Hall–Kier alpha value is -0.530. The summed E-state index contributed by atoms with van der Waals surface area (Å²) >= 11 is 0. The SMILES string of the molecule is CCC(C)(C)CC1CCNC1=O. The predicted octanol–water partition coefficient (Wildman–Crippen LogP) is 1.95. The summed E-state index contributed by atoms with van der Waals surface area (Å²) in [6, 6.07) is 0. The third-order valence-corrected chi connectivity index (χ3v) is 2.92. The van der Waals surface area contributed by atoms with Gasteiger partial charge in [0.15, 0.2) is 0 Å². The van der Waals surface area contributed by atoms with E-state index in [0.29, 0.717) is 5.41 Å². The highest BCUT2D eigenvalue weighted by molar-refractivity contribution is 5.80. The lowest BCUT2D eigenvalue weighted by Crippen LogP contribution is -2.23. The highest BCUT2D eigenvalue weighted by atomic mass is 16.2. The zero-order chi connectivity index (χ0) is 9.19. The predicted molar refractivity (Wildman–Crippen MR) is 49.8 cm³/mol. The van der Waals surface area contributed by atoms with E-state index in [-0.39, 0.29) is 11.8 Å². The summed E-state index contributed by atoms with van der Waals surface area (Å²) in [5.41, 5.74) is 0.326. The molecule has 12 heavy (non-hydrogen) atoms. The number of amides is 1. The maximum absolute atomic E-state index is 11.3. The van der Waals surface area contributed by atoms with Gasteiger partial charge < -0.3 is 5.32 Å². The molecule has 1 N–H and O–H groups in total. The van der Waals surface area contributed by atoms with Crippen molar-refractivity contribution in [2.24, 2.45) is 11.3 Å². The Morgan fingerprint density at radius 2 is 2.25 bits per heavy atom. The Morgan fingerprint density at radius 1 is 1.58 bits per heavy atom. The molecule has 0 aromatic rings. The van der Waals surface area contributed by atoms with Crippen LogP contribution in [0.25, 0.3) is 0 Å². The van der Waals surface area contributed by atoms with Gasteiger partial charge in [-0.2, -0.15) is 0 Å². The summed E-state index contributed by atoms with van der Waals surface area (Å²) < 4.78 is 0. The van der Waals surface area contributed by atoms with Gasteiger partial charge in [0, 0.05) is 12.5 Å². The van der Waals surface area contributed by atoms with Crippen molar-refractivity contribution in [1.82, 2.24) is 5.32 Å². The van der Waals surface area contributed by atoms with Crippen LogP contribution in [0, 0.1) is 11.3 Å². The second kappa shape index (κ2) is 3.46. The minimum Gasteiger partial charge on any atom is -0.356 e. The molecule has 2 nitrogen and oxygen atoms in total. The molecule has 0 radical (unpaired) electrons. The van der Waals surface area contributed by atoms with Crippen molar-refractivity contribution in [2.45, 2.75) is 40.0 Å². The second-order valence-electron chi connectivity index (χ2n) is 4.50. The van der Waals surface area contributed by atoms with Crippen LogP contribution >= 0.6 is 0 Å². The molecule has 1 atom stereocenters. The molecular formula is C10H19NO. The second-order valence-corrected chi connectivity index (χ2v) is 4.50. The molecule has 1 unspecified atom stereocenters. The van der Waals surface area contributed by atoms with Crippen LogP contribution in [0.2, 0.25) is 0 Å². The minimum atomic E-state index is 0.261. The van der Waals surface area contributed by atoms with E-state index in [9.17, 15) is 4.79 Å². The van der Waals surface area contributed by atoms with Crippen LogP contribution < -0.4 is 5.32 Å². The molecule has 0 bridgehead atoms. The van der Waals surface area contributed by atoms with Crippen molar-refractivity contribution in [3.05, 3.63) is 0 Å². The fourth-order valence-electron chi connectivity index (χ4n) is 1.65. The van der Waals surface area contributed by atoms with Crippen molar-refractivity contribution in [3.8, 4) is 0 Å². The maximum Gasteiger partial charge on any atom is 0.223 e. The van der Waals surface area contributed by atoms with E-state index in [1.807, 2.05) is 0 Å². The van der Waals surface area contributed by atoms with Crippen LogP contribution in [-0.2, 0) is 4.79 Å². The first kappa shape index (κ1) is 9.56. The molecule has 70 valence electrons. The minimum absolute atomic E-state index is 0.261. The lowest BCUT2D eigenvalue weighted by atomic mass is 9.80. The van der Waals surface area contributed by atoms with E-state index >= 15 is 0 Å². The quantitative estimate of drug-likeness (QED) is 0.687. The molecule has 1 saturated heterocycles. The Labute approximate surface area is 74.7 Å². The first-order valence-corrected chi connectivity index (χ1v) is 4.83. The highest BCUT2D eigenvalue weighted by Gasteiger charge is 2.29. The monoisotopic (exact) mass is 169 g/mol. The zero-order valence-electron chi connectivity index (χ0n) is 8.31. The van der Waals surface area contributed by atoms with Crippen LogP contribution in [0.3, 0.4) is 0 Å². The molecule has 1 aliphatic heterocycles. The molecule has 0 saturated carbocycles. The number of rotatable bonds is 3. The maximum atomic E-state index is 11.3. The standard InChI is InChI=1S/C10H19NO/c1-4-10(2,3)7-8-5-6-11-9(8)12/h8H,4-7H2,1-3H3,(H,11,12). The summed E-state index contributed by atoms with van der Waals surface area (Å²) in [4.78, 5) is 11.3. The smallest absolute Gasteiger partial charge is 0.223 e. The first-order valence-electron chi connectivity index (χ1n) is 4.83. The molecule has 1 aliphatic rings. The summed E-state index contributed by atoms with van der Waals surface area (Å²) in [7, 11) is 0. The highest BCUT2D eigenvalue weighted by Crippen LogP contribution is 2.31. The summed E-state index contributed by atoms with van der Waals surface area (Å²) in [5.74, 6) is 0.538. The van der Waals surface area contributed by atoms with E-state index in [1.165, 1.54) is 0 Å². The number of hydrogen-bond acceptors (Lipinski definition) is 1. The van der Waals surface area contributed by atoms with Crippen molar-refractivity contribution in [3.63, 3.8) is 0 Å². The molecular weight excluding hydrogens is 150 g/mol. The van der Waals surface area contributed by atoms with E-state index < -0.39 is 0 Å². The fourth-order valence-corrected chi connectivity index (χ4v) is 1.65. The molecule has 1 rings (SSSR count). The summed E-state index contributed by atoms with van der Waals surface area (Å²) in [5, 5.41) is 2.88. The zero-order valence-corrected chi connectivity index (χ0v) is 8.31.